The van der Waals surface area contributed by atoms with Crippen molar-refractivity contribution < 1.29 is 9.90 Å². The third kappa shape index (κ3) is 2.97. The molecule has 0 spiro atoms. The maximum Gasteiger partial charge on any atom is 0.239 e. The van der Waals surface area contributed by atoms with Gasteiger partial charge in [-0.15, -0.1) is 0 Å². The van der Waals surface area contributed by atoms with Gasteiger partial charge in [0.2, 0.25) is 5.91 Å². The molecule has 2 aliphatic heterocycles. The van der Waals surface area contributed by atoms with Crippen LogP contribution in [0.5, 0.6) is 0 Å². The molecule has 0 aromatic heterocycles. The number of aliphatic hydroxyl groups excluding tert-OH is 1. The molecular formula is C17H24N2O2. The molecule has 4 nitrogen and oxygen atoms in total. The van der Waals surface area contributed by atoms with Crippen LogP contribution >= 0.6 is 0 Å². The summed E-state index contributed by atoms with van der Waals surface area (Å²) in [6, 6.07) is 10.2. The second-order valence-corrected chi connectivity index (χ2v) is 6.26. The molecule has 1 amide bonds. The number of aliphatic hydroxyl groups is 1. The molecule has 114 valence electrons. The molecule has 3 atom stereocenters. The molecule has 3 rings (SSSR count). The van der Waals surface area contributed by atoms with Crippen molar-refractivity contribution in [1.82, 2.24) is 9.80 Å². The lowest BCUT2D eigenvalue weighted by atomic mass is 9.99. The summed E-state index contributed by atoms with van der Waals surface area (Å²) in [5.41, 5.74) is 0.971. The SMILES string of the molecule is CN1CC[C@@H](N2CCC[C@@H]2C[C@H](O)c2ccccc2)C1=O. The largest absolute Gasteiger partial charge is 0.388 e. The topological polar surface area (TPSA) is 43.8 Å². The Hall–Kier alpha value is -1.39. The summed E-state index contributed by atoms with van der Waals surface area (Å²) in [6.07, 6.45) is 3.41. The van der Waals surface area contributed by atoms with Crippen molar-refractivity contribution in [3.05, 3.63) is 35.9 Å². The number of nitrogens with zero attached hydrogens (tertiary/aromatic N) is 2. The van der Waals surface area contributed by atoms with Gasteiger partial charge in [0.05, 0.1) is 12.1 Å². The molecule has 0 unspecified atom stereocenters. The molecule has 1 N–H and O–H groups in total. The fraction of sp³-hybridized carbons (Fsp3) is 0.588. The van der Waals surface area contributed by atoms with E-state index in [2.05, 4.69) is 4.90 Å². The van der Waals surface area contributed by atoms with E-state index in [1.165, 1.54) is 0 Å². The molecule has 1 aromatic carbocycles. The molecule has 0 saturated carbocycles. The van der Waals surface area contributed by atoms with E-state index in [4.69, 9.17) is 0 Å². The van der Waals surface area contributed by atoms with E-state index in [0.717, 1.165) is 44.3 Å². The zero-order valence-corrected chi connectivity index (χ0v) is 12.6. The minimum Gasteiger partial charge on any atom is -0.388 e. The number of carbonyl (C=O) groups excluding carboxylic acids is 1. The standard InChI is InChI=1S/C17H24N2O2/c1-18-11-9-15(17(18)21)19-10-5-8-14(19)12-16(20)13-6-3-2-4-7-13/h2-4,6-7,14-16,20H,5,8-12H2,1H3/t14-,15-,16+/m1/s1. The number of benzene rings is 1. The maximum atomic E-state index is 12.2. The van der Waals surface area contributed by atoms with Gasteiger partial charge in [-0.1, -0.05) is 30.3 Å². The third-order valence-corrected chi connectivity index (χ3v) is 4.90. The molecule has 2 fully saturated rings. The number of likely N-dealkylation sites (tertiary alicyclic amines) is 2. The van der Waals surface area contributed by atoms with Crippen LogP contribution in [0.15, 0.2) is 30.3 Å². The highest BCUT2D eigenvalue weighted by Crippen LogP contribution is 2.31. The third-order valence-electron chi connectivity index (χ3n) is 4.90. The Bertz CT molecular complexity index is 491. The molecular weight excluding hydrogens is 264 g/mol. The van der Waals surface area contributed by atoms with E-state index in [9.17, 15) is 9.90 Å². The van der Waals surface area contributed by atoms with Crippen LogP contribution in [-0.4, -0.2) is 53.0 Å². The highest BCUT2D eigenvalue weighted by Gasteiger charge is 2.39. The second-order valence-electron chi connectivity index (χ2n) is 6.26. The monoisotopic (exact) mass is 288 g/mol. The first-order chi connectivity index (χ1) is 10.2. The Kier molecular flexibility index (Phi) is 4.27. The summed E-state index contributed by atoms with van der Waals surface area (Å²) in [5, 5.41) is 10.4. The molecule has 0 radical (unpaired) electrons. The van der Waals surface area contributed by atoms with Gasteiger partial charge in [-0.25, -0.2) is 0 Å². The summed E-state index contributed by atoms with van der Waals surface area (Å²) in [6.45, 7) is 1.84. The lowest BCUT2D eigenvalue weighted by molar-refractivity contribution is -0.131. The Morgan fingerprint density at radius 2 is 2.00 bits per heavy atom. The van der Waals surface area contributed by atoms with Crippen LogP contribution in [0.1, 0.15) is 37.4 Å². The number of carbonyl (C=O) groups is 1. The van der Waals surface area contributed by atoms with Crippen molar-refractivity contribution in [1.29, 1.82) is 0 Å². The minimum absolute atomic E-state index is 0.0328. The van der Waals surface area contributed by atoms with Gasteiger partial charge in [0.15, 0.2) is 0 Å². The van der Waals surface area contributed by atoms with Gasteiger partial charge in [0.1, 0.15) is 0 Å². The van der Waals surface area contributed by atoms with Crippen LogP contribution in [-0.2, 0) is 4.79 Å². The highest BCUT2D eigenvalue weighted by atomic mass is 16.3. The normalized spacial score (nSPS) is 28.3. The number of rotatable bonds is 4. The number of hydrogen-bond donors (Lipinski definition) is 1. The first-order valence-electron chi connectivity index (χ1n) is 7.90. The number of amides is 1. The Morgan fingerprint density at radius 1 is 1.24 bits per heavy atom. The van der Waals surface area contributed by atoms with Crippen LogP contribution in [0, 0.1) is 0 Å². The van der Waals surface area contributed by atoms with Gasteiger partial charge in [-0.3, -0.25) is 9.69 Å². The van der Waals surface area contributed by atoms with Crippen LogP contribution in [0.3, 0.4) is 0 Å². The van der Waals surface area contributed by atoms with Crippen molar-refractivity contribution in [2.24, 2.45) is 0 Å². The van der Waals surface area contributed by atoms with Gasteiger partial charge < -0.3 is 10.0 Å². The first kappa shape index (κ1) is 14.5. The Morgan fingerprint density at radius 3 is 2.67 bits per heavy atom. The molecule has 1 aromatic rings. The van der Waals surface area contributed by atoms with E-state index in [0.29, 0.717) is 6.04 Å². The molecule has 4 heteroatoms. The fourth-order valence-electron chi connectivity index (χ4n) is 3.70. The summed E-state index contributed by atoms with van der Waals surface area (Å²) < 4.78 is 0. The predicted molar refractivity (Wildman–Crippen MR) is 81.8 cm³/mol. The van der Waals surface area contributed by atoms with Gasteiger partial charge in [0.25, 0.3) is 0 Å². The van der Waals surface area contributed by atoms with Crippen molar-refractivity contribution in [3.63, 3.8) is 0 Å². The van der Waals surface area contributed by atoms with E-state index in [-0.39, 0.29) is 11.9 Å². The lowest BCUT2D eigenvalue weighted by Gasteiger charge is -2.30. The Balaban J connectivity index is 1.66. The van der Waals surface area contributed by atoms with Crippen LogP contribution < -0.4 is 0 Å². The number of hydrogen-bond acceptors (Lipinski definition) is 3. The van der Waals surface area contributed by atoms with E-state index >= 15 is 0 Å². The number of likely N-dealkylation sites (N-methyl/N-ethyl adjacent to an activating group) is 1. The van der Waals surface area contributed by atoms with Crippen molar-refractivity contribution in [2.75, 3.05) is 20.1 Å². The quantitative estimate of drug-likeness (QED) is 0.919. The Labute approximate surface area is 126 Å². The summed E-state index contributed by atoms with van der Waals surface area (Å²) in [5.74, 6) is 0.246. The molecule has 21 heavy (non-hydrogen) atoms. The van der Waals surface area contributed by atoms with E-state index < -0.39 is 6.10 Å². The average molecular weight is 288 g/mol. The highest BCUT2D eigenvalue weighted by molar-refractivity contribution is 5.83. The van der Waals surface area contributed by atoms with Gasteiger partial charge >= 0.3 is 0 Å². The molecule has 0 aliphatic carbocycles. The summed E-state index contributed by atoms with van der Waals surface area (Å²) in [7, 11) is 1.88. The maximum absolute atomic E-state index is 12.2. The molecule has 2 heterocycles. The lowest BCUT2D eigenvalue weighted by Crippen LogP contribution is -2.44. The zero-order chi connectivity index (χ0) is 14.8. The van der Waals surface area contributed by atoms with Gasteiger partial charge in [-0.2, -0.15) is 0 Å². The fourth-order valence-corrected chi connectivity index (χ4v) is 3.70. The van der Waals surface area contributed by atoms with Gasteiger partial charge in [0, 0.05) is 19.6 Å². The first-order valence-corrected chi connectivity index (χ1v) is 7.90. The predicted octanol–water partition coefficient (Wildman–Crippen LogP) is 1.81. The van der Waals surface area contributed by atoms with E-state index in [1.807, 2.05) is 42.3 Å². The van der Waals surface area contributed by atoms with E-state index in [1.54, 1.807) is 0 Å². The average Bonchev–Trinajstić information content (AvgIpc) is 3.08. The van der Waals surface area contributed by atoms with Crippen LogP contribution in [0.25, 0.3) is 0 Å². The minimum atomic E-state index is -0.439. The zero-order valence-electron chi connectivity index (χ0n) is 12.6. The second kappa shape index (κ2) is 6.16. The van der Waals surface area contributed by atoms with Crippen molar-refractivity contribution in [3.8, 4) is 0 Å². The molecule has 2 saturated heterocycles. The smallest absolute Gasteiger partial charge is 0.239 e. The van der Waals surface area contributed by atoms with Crippen LogP contribution in [0.2, 0.25) is 0 Å². The summed E-state index contributed by atoms with van der Waals surface area (Å²) >= 11 is 0. The van der Waals surface area contributed by atoms with Gasteiger partial charge in [-0.05, 0) is 37.8 Å². The van der Waals surface area contributed by atoms with Crippen molar-refractivity contribution in [2.45, 2.75) is 43.9 Å². The van der Waals surface area contributed by atoms with Crippen LogP contribution in [0.4, 0.5) is 0 Å². The summed E-state index contributed by atoms with van der Waals surface area (Å²) in [4.78, 5) is 16.4. The van der Waals surface area contributed by atoms with Crippen molar-refractivity contribution >= 4 is 5.91 Å². The molecule has 2 aliphatic rings. The molecule has 0 bridgehead atoms.